The molecule has 8 heteroatoms. The van der Waals surface area contributed by atoms with Crippen molar-refractivity contribution in [2.24, 2.45) is 0 Å². The Hall–Kier alpha value is -3.14. The minimum Gasteiger partial charge on any atom is -0.493 e. The summed E-state index contributed by atoms with van der Waals surface area (Å²) in [6.45, 7) is 1.52. The topological polar surface area (TPSA) is 88.4 Å². The average molecular weight is 593 g/mol. The van der Waals surface area contributed by atoms with Crippen molar-refractivity contribution in [3.63, 3.8) is 0 Å². The molecule has 0 atom stereocenters. The number of halogens is 1. The summed E-state index contributed by atoms with van der Waals surface area (Å²) in [6.07, 6.45) is 1.70. The van der Waals surface area contributed by atoms with E-state index in [0.717, 1.165) is 28.6 Å². The highest BCUT2D eigenvalue weighted by Crippen LogP contribution is 2.22. The van der Waals surface area contributed by atoms with Crippen molar-refractivity contribution in [1.82, 2.24) is 0 Å². The zero-order valence-corrected chi connectivity index (χ0v) is 23.6. The molecular weight excluding hydrogens is 559 g/mol. The number of rotatable bonds is 12. The van der Waals surface area contributed by atoms with E-state index in [4.69, 9.17) is 19.3 Å². The normalized spacial score (nSPS) is 10.4. The number of benzene rings is 4. The molecular formula is C31H34BBrO6. The molecule has 0 amide bonds. The zero-order chi connectivity index (χ0) is 27.9. The second-order valence-corrected chi connectivity index (χ2v) is 9.60. The van der Waals surface area contributed by atoms with Crippen LogP contribution < -0.4 is 14.9 Å². The lowest BCUT2D eigenvalue weighted by atomic mass is 9.77. The third-order valence-electron chi connectivity index (χ3n) is 5.88. The first-order valence-electron chi connectivity index (χ1n) is 12.7. The van der Waals surface area contributed by atoms with E-state index in [-0.39, 0.29) is 6.61 Å². The van der Waals surface area contributed by atoms with Crippen molar-refractivity contribution in [2.45, 2.75) is 26.1 Å². The van der Waals surface area contributed by atoms with Gasteiger partial charge in [0, 0.05) is 24.4 Å². The second-order valence-electron chi connectivity index (χ2n) is 8.75. The van der Waals surface area contributed by atoms with E-state index < -0.39 is 7.12 Å². The summed E-state index contributed by atoms with van der Waals surface area (Å²) in [5, 5.41) is 27.8. The minimum atomic E-state index is -1.51. The quantitative estimate of drug-likeness (QED) is 0.207. The number of hydrogen-bond donors (Lipinski definition) is 3. The standard InChI is InChI=1S/C16H19BO4.C15H15BrO2/c1-20-12-14-11-15(7-8-16(14)17(18)19)21-10-9-13-5-3-2-4-6-13;16-15-7-6-14(10-13(15)11-17)18-9-8-12-4-2-1-3-5-12/h2-8,11,18-19H,9-10,12H2,1H3;1-7,10,17H,8-9,11H2. The van der Waals surface area contributed by atoms with Gasteiger partial charge in [-0.1, -0.05) is 82.7 Å². The molecule has 0 aliphatic rings. The van der Waals surface area contributed by atoms with Crippen LogP contribution in [0.2, 0.25) is 0 Å². The fourth-order valence-corrected chi connectivity index (χ4v) is 4.20. The Bertz CT molecular complexity index is 1250. The minimum absolute atomic E-state index is 0.0104. The molecule has 3 N–H and O–H groups in total. The van der Waals surface area contributed by atoms with Crippen LogP contribution >= 0.6 is 15.9 Å². The van der Waals surface area contributed by atoms with Gasteiger partial charge in [0.1, 0.15) is 11.5 Å². The maximum absolute atomic E-state index is 9.31. The van der Waals surface area contributed by atoms with Gasteiger partial charge >= 0.3 is 7.12 Å². The fraction of sp³-hybridized carbons (Fsp3) is 0.226. The lowest BCUT2D eigenvalue weighted by Crippen LogP contribution is -2.33. The predicted molar refractivity (Wildman–Crippen MR) is 158 cm³/mol. The van der Waals surface area contributed by atoms with Gasteiger partial charge in [-0.15, -0.1) is 0 Å². The van der Waals surface area contributed by atoms with E-state index in [1.807, 2.05) is 54.6 Å². The van der Waals surface area contributed by atoms with Crippen molar-refractivity contribution in [3.05, 3.63) is 124 Å². The number of ether oxygens (including phenoxy) is 3. The van der Waals surface area contributed by atoms with Crippen LogP contribution in [-0.4, -0.2) is 42.6 Å². The van der Waals surface area contributed by atoms with Crippen LogP contribution in [0.3, 0.4) is 0 Å². The van der Waals surface area contributed by atoms with Gasteiger partial charge in [-0.3, -0.25) is 0 Å². The Labute approximate surface area is 239 Å². The van der Waals surface area contributed by atoms with Gasteiger partial charge in [0.05, 0.1) is 26.4 Å². The van der Waals surface area contributed by atoms with Crippen LogP contribution in [0.1, 0.15) is 22.3 Å². The van der Waals surface area contributed by atoms with Crippen LogP contribution in [0, 0.1) is 0 Å². The van der Waals surface area contributed by atoms with Crippen molar-refractivity contribution in [3.8, 4) is 11.5 Å². The van der Waals surface area contributed by atoms with Crippen LogP contribution in [0.15, 0.2) is 102 Å². The molecule has 0 bridgehead atoms. The van der Waals surface area contributed by atoms with Crippen LogP contribution in [0.5, 0.6) is 11.5 Å². The van der Waals surface area contributed by atoms with Gasteiger partial charge in [0.15, 0.2) is 0 Å². The maximum Gasteiger partial charge on any atom is 0.488 e. The third kappa shape index (κ3) is 10.5. The summed E-state index contributed by atoms with van der Waals surface area (Å²) >= 11 is 3.38. The van der Waals surface area contributed by atoms with Gasteiger partial charge in [-0.25, -0.2) is 0 Å². The molecule has 0 fully saturated rings. The summed E-state index contributed by atoms with van der Waals surface area (Å²) < 4.78 is 17.4. The molecule has 0 aromatic heterocycles. The lowest BCUT2D eigenvalue weighted by Gasteiger charge is -2.12. The molecule has 0 saturated carbocycles. The highest BCUT2D eigenvalue weighted by molar-refractivity contribution is 9.10. The molecule has 4 rings (SSSR count). The molecule has 6 nitrogen and oxygen atoms in total. The number of aliphatic hydroxyl groups excluding tert-OH is 1. The second kappa shape index (κ2) is 16.7. The van der Waals surface area contributed by atoms with Crippen LogP contribution in [0.25, 0.3) is 0 Å². The van der Waals surface area contributed by atoms with Crippen molar-refractivity contribution >= 4 is 28.5 Å². The van der Waals surface area contributed by atoms with Gasteiger partial charge in [-0.2, -0.15) is 0 Å². The Morgan fingerprint density at radius 1 is 0.692 bits per heavy atom. The first kappa shape index (κ1) is 30.4. The smallest absolute Gasteiger partial charge is 0.488 e. The average Bonchev–Trinajstić information content (AvgIpc) is 2.96. The molecule has 0 unspecified atom stereocenters. The molecule has 204 valence electrons. The molecule has 0 saturated heterocycles. The first-order valence-corrected chi connectivity index (χ1v) is 13.5. The largest absolute Gasteiger partial charge is 0.493 e. The summed E-state index contributed by atoms with van der Waals surface area (Å²) in [5.41, 5.74) is 4.47. The SMILES string of the molecule is COCc1cc(OCCc2ccccc2)ccc1B(O)O.OCc1cc(OCCc2ccccc2)ccc1Br. The predicted octanol–water partition coefficient (Wildman–Crippen LogP) is 4.70. The summed E-state index contributed by atoms with van der Waals surface area (Å²) in [7, 11) is 0.0599. The third-order valence-corrected chi connectivity index (χ3v) is 6.66. The molecule has 0 heterocycles. The molecule has 39 heavy (non-hydrogen) atoms. The van der Waals surface area contributed by atoms with E-state index in [1.165, 1.54) is 11.1 Å². The van der Waals surface area contributed by atoms with Crippen molar-refractivity contribution in [1.29, 1.82) is 0 Å². The Morgan fingerprint density at radius 3 is 1.69 bits per heavy atom. The van der Waals surface area contributed by atoms with Crippen molar-refractivity contribution < 1.29 is 29.4 Å². The summed E-state index contributed by atoms with van der Waals surface area (Å²) in [6, 6.07) is 31.2. The Morgan fingerprint density at radius 2 is 1.21 bits per heavy atom. The Kier molecular flexibility index (Phi) is 13.1. The number of methoxy groups -OCH3 is 1. The van der Waals surface area contributed by atoms with Gasteiger partial charge in [-0.05, 0) is 58.0 Å². The molecule has 0 radical (unpaired) electrons. The summed E-state index contributed by atoms with van der Waals surface area (Å²) in [5.74, 6) is 1.49. The fourth-order valence-electron chi connectivity index (χ4n) is 3.83. The van der Waals surface area contributed by atoms with Gasteiger partial charge < -0.3 is 29.4 Å². The highest BCUT2D eigenvalue weighted by atomic mass is 79.9. The van der Waals surface area contributed by atoms with Gasteiger partial charge in [0.2, 0.25) is 0 Å². The molecule has 0 spiro atoms. The van der Waals surface area contributed by atoms with Crippen LogP contribution in [0.4, 0.5) is 0 Å². The van der Waals surface area contributed by atoms with E-state index in [0.29, 0.717) is 36.6 Å². The van der Waals surface area contributed by atoms with E-state index >= 15 is 0 Å². The lowest BCUT2D eigenvalue weighted by molar-refractivity contribution is 0.185. The zero-order valence-electron chi connectivity index (χ0n) is 22.0. The van der Waals surface area contributed by atoms with Crippen LogP contribution in [-0.2, 0) is 30.8 Å². The number of hydrogen-bond acceptors (Lipinski definition) is 6. The maximum atomic E-state index is 9.31. The van der Waals surface area contributed by atoms with Crippen molar-refractivity contribution in [2.75, 3.05) is 20.3 Å². The van der Waals surface area contributed by atoms with E-state index in [1.54, 1.807) is 25.3 Å². The summed E-state index contributed by atoms with van der Waals surface area (Å²) in [4.78, 5) is 0. The molecule has 4 aromatic rings. The molecule has 4 aromatic carbocycles. The first-order chi connectivity index (χ1) is 19.0. The number of aliphatic hydroxyl groups is 1. The molecule has 0 aliphatic carbocycles. The highest BCUT2D eigenvalue weighted by Gasteiger charge is 2.16. The monoisotopic (exact) mass is 592 g/mol. The molecule has 0 aliphatic heterocycles. The van der Waals surface area contributed by atoms with E-state index in [2.05, 4.69) is 40.2 Å². The van der Waals surface area contributed by atoms with Gasteiger partial charge in [0.25, 0.3) is 0 Å². The van der Waals surface area contributed by atoms with E-state index in [9.17, 15) is 10.0 Å². The Balaban J connectivity index is 0.000000218.